The lowest BCUT2D eigenvalue weighted by Gasteiger charge is -2.36. The van der Waals surface area contributed by atoms with Gasteiger partial charge in [0.15, 0.2) is 0 Å². The monoisotopic (exact) mass is 353 g/mol. The SMILES string of the molecule is O=C1CCC(C(=O)N2CCN(C(=O)c3c(F)cccc3Cl)CC2)N1. The van der Waals surface area contributed by atoms with Gasteiger partial charge in [-0.25, -0.2) is 4.39 Å². The molecule has 2 aliphatic rings. The Kier molecular flexibility index (Phi) is 4.71. The summed E-state index contributed by atoms with van der Waals surface area (Å²) < 4.78 is 13.9. The third kappa shape index (κ3) is 3.21. The molecule has 1 aromatic rings. The lowest BCUT2D eigenvalue weighted by Crippen LogP contribution is -2.54. The summed E-state index contributed by atoms with van der Waals surface area (Å²) in [6.07, 6.45) is 0.863. The second-order valence-electron chi connectivity index (χ2n) is 5.87. The Morgan fingerprint density at radius 3 is 2.42 bits per heavy atom. The van der Waals surface area contributed by atoms with Gasteiger partial charge in [-0.1, -0.05) is 17.7 Å². The molecule has 3 amide bonds. The number of halogens is 2. The van der Waals surface area contributed by atoms with Crippen molar-refractivity contribution in [3.63, 3.8) is 0 Å². The number of nitrogens with one attached hydrogen (secondary N) is 1. The van der Waals surface area contributed by atoms with Crippen LogP contribution in [0.4, 0.5) is 4.39 Å². The van der Waals surface area contributed by atoms with Crippen LogP contribution in [0, 0.1) is 5.82 Å². The number of carbonyl (C=O) groups is 3. The van der Waals surface area contributed by atoms with Crippen LogP contribution in [0.5, 0.6) is 0 Å². The smallest absolute Gasteiger partial charge is 0.258 e. The number of hydrogen-bond donors (Lipinski definition) is 1. The molecule has 8 heteroatoms. The van der Waals surface area contributed by atoms with E-state index in [4.69, 9.17) is 11.6 Å². The van der Waals surface area contributed by atoms with Crippen LogP contribution in [0.15, 0.2) is 18.2 Å². The molecular formula is C16H17ClFN3O3. The first-order valence-corrected chi connectivity index (χ1v) is 8.16. The molecule has 1 atom stereocenters. The summed E-state index contributed by atoms with van der Waals surface area (Å²) in [4.78, 5) is 39.1. The Morgan fingerprint density at radius 1 is 1.17 bits per heavy atom. The van der Waals surface area contributed by atoms with Crippen LogP contribution in [-0.2, 0) is 9.59 Å². The Bertz CT molecular complexity index is 669. The molecule has 2 heterocycles. The predicted molar refractivity (Wildman–Crippen MR) is 85.1 cm³/mol. The van der Waals surface area contributed by atoms with Crippen LogP contribution in [0.1, 0.15) is 23.2 Å². The predicted octanol–water partition coefficient (Wildman–Crippen LogP) is 1.04. The second kappa shape index (κ2) is 6.76. The highest BCUT2D eigenvalue weighted by atomic mass is 35.5. The van der Waals surface area contributed by atoms with Crippen LogP contribution >= 0.6 is 11.6 Å². The van der Waals surface area contributed by atoms with Gasteiger partial charge in [-0.3, -0.25) is 14.4 Å². The van der Waals surface area contributed by atoms with Gasteiger partial charge in [0.2, 0.25) is 11.8 Å². The second-order valence-corrected chi connectivity index (χ2v) is 6.28. The van der Waals surface area contributed by atoms with Gasteiger partial charge in [0.1, 0.15) is 11.9 Å². The number of rotatable bonds is 2. The maximum Gasteiger partial charge on any atom is 0.258 e. The zero-order valence-corrected chi connectivity index (χ0v) is 13.7. The fourth-order valence-electron chi connectivity index (χ4n) is 3.01. The summed E-state index contributed by atoms with van der Waals surface area (Å²) >= 11 is 5.93. The minimum Gasteiger partial charge on any atom is -0.344 e. The molecular weight excluding hydrogens is 337 g/mol. The zero-order chi connectivity index (χ0) is 17.3. The third-order valence-corrected chi connectivity index (χ3v) is 4.66. The van der Waals surface area contributed by atoms with Crippen molar-refractivity contribution in [1.82, 2.24) is 15.1 Å². The normalized spacial score (nSPS) is 20.9. The Labute approximate surface area is 143 Å². The lowest BCUT2D eigenvalue weighted by atomic mass is 10.1. The van der Waals surface area contributed by atoms with E-state index in [0.29, 0.717) is 39.0 Å². The summed E-state index contributed by atoms with van der Waals surface area (Å²) in [6, 6.07) is 3.64. The van der Waals surface area contributed by atoms with Crippen LogP contribution in [-0.4, -0.2) is 59.7 Å². The van der Waals surface area contributed by atoms with E-state index in [1.54, 1.807) is 4.90 Å². The molecule has 128 valence electrons. The molecule has 1 aromatic carbocycles. The topological polar surface area (TPSA) is 69.7 Å². The van der Waals surface area contributed by atoms with Crippen molar-refractivity contribution < 1.29 is 18.8 Å². The number of benzene rings is 1. The molecule has 1 N–H and O–H groups in total. The fourth-order valence-corrected chi connectivity index (χ4v) is 3.25. The van der Waals surface area contributed by atoms with Crippen LogP contribution in [0.25, 0.3) is 0 Å². The number of carbonyl (C=O) groups excluding carboxylic acids is 3. The fraction of sp³-hybridized carbons (Fsp3) is 0.438. The van der Waals surface area contributed by atoms with E-state index in [1.807, 2.05) is 0 Å². The highest BCUT2D eigenvalue weighted by molar-refractivity contribution is 6.33. The number of amides is 3. The van der Waals surface area contributed by atoms with Gasteiger partial charge in [0.05, 0.1) is 10.6 Å². The van der Waals surface area contributed by atoms with E-state index in [1.165, 1.54) is 23.1 Å². The standard InChI is InChI=1S/C16H17ClFN3O3/c17-10-2-1-3-11(18)14(10)16(24)21-8-6-20(7-9-21)15(23)12-4-5-13(22)19-12/h1-3,12H,4-9H2,(H,19,22). The molecule has 1 unspecified atom stereocenters. The van der Waals surface area contributed by atoms with Crippen LogP contribution in [0.2, 0.25) is 5.02 Å². The Morgan fingerprint density at radius 2 is 1.83 bits per heavy atom. The van der Waals surface area contributed by atoms with Crippen molar-refractivity contribution >= 4 is 29.3 Å². The van der Waals surface area contributed by atoms with Crippen LogP contribution in [0.3, 0.4) is 0 Å². The molecule has 0 spiro atoms. The van der Waals surface area contributed by atoms with Gasteiger partial charge in [0.25, 0.3) is 5.91 Å². The molecule has 6 nitrogen and oxygen atoms in total. The van der Waals surface area contributed by atoms with Gasteiger partial charge in [0, 0.05) is 32.6 Å². The van der Waals surface area contributed by atoms with Gasteiger partial charge in [-0.05, 0) is 18.6 Å². The first kappa shape index (κ1) is 16.7. The molecule has 3 rings (SSSR count). The number of piperazine rings is 1. The van der Waals surface area contributed by atoms with Crippen molar-refractivity contribution in [2.24, 2.45) is 0 Å². The average Bonchev–Trinajstić information content (AvgIpc) is 3.00. The minimum atomic E-state index is -0.653. The van der Waals surface area contributed by atoms with Crippen LogP contribution < -0.4 is 5.32 Å². The number of hydrogen-bond acceptors (Lipinski definition) is 3. The summed E-state index contributed by atoms with van der Waals surface area (Å²) in [6.45, 7) is 1.30. The zero-order valence-electron chi connectivity index (χ0n) is 12.9. The van der Waals surface area contributed by atoms with Crippen molar-refractivity contribution in [1.29, 1.82) is 0 Å². The molecule has 0 radical (unpaired) electrons. The van der Waals surface area contributed by atoms with E-state index >= 15 is 0 Å². The first-order valence-electron chi connectivity index (χ1n) is 7.79. The molecule has 0 aromatic heterocycles. The van der Waals surface area contributed by atoms with Gasteiger partial charge < -0.3 is 15.1 Å². The van der Waals surface area contributed by atoms with Gasteiger partial charge in [-0.2, -0.15) is 0 Å². The van der Waals surface area contributed by atoms with Crippen molar-refractivity contribution in [3.05, 3.63) is 34.6 Å². The largest absolute Gasteiger partial charge is 0.344 e. The first-order chi connectivity index (χ1) is 11.5. The summed E-state index contributed by atoms with van der Waals surface area (Å²) in [7, 11) is 0. The lowest BCUT2D eigenvalue weighted by molar-refractivity contribution is -0.135. The molecule has 0 aliphatic carbocycles. The van der Waals surface area contributed by atoms with Crippen molar-refractivity contribution in [2.45, 2.75) is 18.9 Å². The summed E-state index contributed by atoms with van der Waals surface area (Å²) in [5.74, 6) is -1.37. The molecule has 0 saturated carbocycles. The van der Waals surface area contributed by atoms with E-state index in [0.717, 1.165) is 0 Å². The molecule has 0 bridgehead atoms. The van der Waals surface area contributed by atoms with E-state index in [9.17, 15) is 18.8 Å². The minimum absolute atomic E-state index is 0.0761. The van der Waals surface area contributed by atoms with Gasteiger partial charge >= 0.3 is 0 Å². The highest BCUT2D eigenvalue weighted by Crippen LogP contribution is 2.22. The quantitative estimate of drug-likeness (QED) is 0.863. The third-order valence-electron chi connectivity index (χ3n) is 4.35. The number of nitrogens with zero attached hydrogens (tertiary/aromatic N) is 2. The van der Waals surface area contributed by atoms with Crippen molar-refractivity contribution in [2.75, 3.05) is 26.2 Å². The molecule has 2 fully saturated rings. The van der Waals surface area contributed by atoms with E-state index < -0.39 is 17.8 Å². The maximum absolute atomic E-state index is 13.9. The maximum atomic E-state index is 13.9. The van der Waals surface area contributed by atoms with Gasteiger partial charge in [-0.15, -0.1) is 0 Å². The van der Waals surface area contributed by atoms with E-state index in [2.05, 4.69) is 5.32 Å². The summed E-state index contributed by atoms with van der Waals surface area (Å²) in [5.41, 5.74) is -0.137. The van der Waals surface area contributed by atoms with Crippen molar-refractivity contribution in [3.8, 4) is 0 Å². The highest BCUT2D eigenvalue weighted by Gasteiger charge is 2.33. The summed E-state index contributed by atoms with van der Waals surface area (Å²) in [5, 5.41) is 2.72. The molecule has 24 heavy (non-hydrogen) atoms. The van der Waals surface area contributed by atoms with E-state index in [-0.39, 0.29) is 22.4 Å². The molecule has 2 saturated heterocycles. The molecule has 2 aliphatic heterocycles. The Hall–Kier alpha value is -2.15. The Balaban J connectivity index is 1.62. The average molecular weight is 354 g/mol.